The number of anilines is 1. The Balaban J connectivity index is 1.85. The first-order valence-corrected chi connectivity index (χ1v) is 12.7. The number of hydrazone groups is 1. The summed E-state index contributed by atoms with van der Waals surface area (Å²) in [6.45, 7) is -0.605. The van der Waals surface area contributed by atoms with E-state index in [0.717, 1.165) is 4.31 Å². The second kappa shape index (κ2) is 13.1. The van der Waals surface area contributed by atoms with Crippen LogP contribution >= 0.6 is 0 Å². The van der Waals surface area contributed by atoms with Gasteiger partial charge in [0.05, 0.1) is 45.2 Å². The number of benzene rings is 3. The van der Waals surface area contributed by atoms with E-state index in [1.807, 2.05) is 0 Å². The molecule has 0 saturated heterocycles. The lowest BCUT2D eigenvalue weighted by Gasteiger charge is -2.25. The van der Waals surface area contributed by atoms with Crippen LogP contribution in [0.25, 0.3) is 0 Å². The zero-order valence-electron chi connectivity index (χ0n) is 21.6. The van der Waals surface area contributed by atoms with E-state index in [4.69, 9.17) is 18.9 Å². The maximum absolute atomic E-state index is 13.5. The number of amides is 1. The summed E-state index contributed by atoms with van der Waals surface area (Å²) in [4.78, 5) is 24.2. The summed E-state index contributed by atoms with van der Waals surface area (Å²) in [5, 5.41) is 3.91. The second-order valence-corrected chi connectivity index (χ2v) is 9.48. The van der Waals surface area contributed by atoms with E-state index in [9.17, 15) is 18.0 Å². The summed E-state index contributed by atoms with van der Waals surface area (Å²) in [6, 6.07) is 16.8. The highest BCUT2D eigenvalue weighted by molar-refractivity contribution is 7.92. The molecule has 1 N–H and O–H groups in total. The molecule has 0 spiro atoms. The van der Waals surface area contributed by atoms with Gasteiger partial charge in [0.1, 0.15) is 18.0 Å². The van der Waals surface area contributed by atoms with Crippen molar-refractivity contribution in [3.8, 4) is 23.0 Å². The maximum atomic E-state index is 13.5. The molecule has 0 heterocycles. The van der Waals surface area contributed by atoms with Crippen molar-refractivity contribution >= 4 is 34.0 Å². The van der Waals surface area contributed by atoms with E-state index < -0.39 is 28.6 Å². The third-order valence-electron chi connectivity index (χ3n) is 5.22. The first-order chi connectivity index (χ1) is 18.7. The molecule has 0 saturated carbocycles. The van der Waals surface area contributed by atoms with Gasteiger partial charge >= 0.3 is 6.16 Å². The van der Waals surface area contributed by atoms with Gasteiger partial charge in [-0.1, -0.05) is 18.2 Å². The van der Waals surface area contributed by atoms with Crippen molar-refractivity contribution in [3.05, 3.63) is 72.3 Å². The number of methoxy groups -OCH3 is 4. The minimum absolute atomic E-state index is 0.0134. The molecule has 206 valence electrons. The van der Waals surface area contributed by atoms with E-state index in [1.54, 1.807) is 30.3 Å². The highest BCUT2D eigenvalue weighted by atomic mass is 32.2. The Morgan fingerprint density at radius 3 is 2.23 bits per heavy atom. The topological polar surface area (TPSA) is 142 Å². The van der Waals surface area contributed by atoms with Crippen LogP contribution in [0.5, 0.6) is 23.0 Å². The number of sulfonamides is 1. The van der Waals surface area contributed by atoms with Crippen LogP contribution < -0.4 is 28.7 Å². The zero-order chi connectivity index (χ0) is 28.4. The highest BCUT2D eigenvalue weighted by Crippen LogP contribution is 2.35. The first kappa shape index (κ1) is 28.8. The number of ether oxygens (including phenoxy) is 5. The molecule has 0 unspecified atom stereocenters. The van der Waals surface area contributed by atoms with Gasteiger partial charge in [-0.15, -0.1) is 0 Å². The van der Waals surface area contributed by atoms with Crippen molar-refractivity contribution in [2.75, 3.05) is 39.3 Å². The van der Waals surface area contributed by atoms with Crippen molar-refractivity contribution in [3.63, 3.8) is 0 Å². The molecule has 39 heavy (non-hydrogen) atoms. The van der Waals surface area contributed by atoms with E-state index in [2.05, 4.69) is 15.3 Å². The van der Waals surface area contributed by atoms with Gasteiger partial charge in [-0.2, -0.15) is 5.10 Å². The SMILES string of the molecule is COC(=O)Oc1ccc(/C=N/NC(=O)CN(c2ccc(OC)cc2OC)S(=O)(=O)c2ccccc2)cc1OC. The molecule has 0 aliphatic heterocycles. The van der Waals surface area contributed by atoms with Crippen LogP contribution in [0.2, 0.25) is 0 Å². The fourth-order valence-electron chi connectivity index (χ4n) is 3.34. The minimum atomic E-state index is -4.17. The van der Waals surface area contributed by atoms with Crippen molar-refractivity contribution in [1.29, 1.82) is 0 Å². The smallest absolute Gasteiger partial charge is 0.497 e. The van der Waals surface area contributed by atoms with Crippen LogP contribution in [0, 0.1) is 0 Å². The molecule has 12 nitrogen and oxygen atoms in total. The fraction of sp³-hybridized carbons (Fsp3) is 0.192. The van der Waals surface area contributed by atoms with Gasteiger partial charge in [0, 0.05) is 6.07 Å². The van der Waals surface area contributed by atoms with Crippen LogP contribution in [0.3, 0.4) is 0 Å². The van der Waals surface area contributed by atoms with E-state index in [1.165, 1.54) is 71.1 Å². The van der Waals surface area contributed by atoms with Gasteiger partial charge in [0.15, 0.2) is 11.5 Å². The number of hydrogen-bond acceptors (Lipinski definition) is 10. The summed E-state index contributed by atoms with van der Waals surface area (Å²) in [5.41, 5.74) is 2.95. The molecular weight excluding hydrogens is 530 g/mol. The van der Waals surface area contributed by atoms with Gasteiger partial charge in [0.25, 0.3) is 15.9 Å². The molecule has 0 atom stereocenters. The van der Waals surface area contributed by atoms with Crippen molar-refractivity contribution in [1.82, 2.24) is 5.43 Å². The number of rotatable bonds is 11. The van der Waals surface area contributed by atoms with Gasteiger partial charge in [0.2, 0.25) is 0 Å². The first-order valence-electron chi connectivity index (χ1n) is 11.3. The molecule has 0 radical (unpaired) electrons. The normalized spacial score (nSPS) is 11.0. The molecule has 0 bridgehead atoms. The quantitative estimate of drug-likeness (QED) is 0.163. The Bertz CT molecular complexity index is 1440. The molecule has 0 aliphatic carbocycles. The number of carbonyl (C=O) groups excluding carboxylic acids is 2. The summed E-state index contributed by atoms with van der Waals surface area (Å²) in [7, 11) is 1.24. The summed E-state index contributed by atoms with van der Waals surface area (Å²) in [6.07, 6.45) is 0.400. The molecule has 0 aromatic heterocycles. The lowest BCUT2D eigenvalue weighted by Crippen LogP contribution is -2.39. The fourth-order valence-corrected chi connectivity index (χ4v) is 4.79. The molecular formula is C26H27N3O9S. The van der Waals surface area contributed by atoms with E-state index in [-0.39, 0.29) is 27.8 Å². The third kappa shape index (κ3) is 7.17. The van der Waals surface area contributed by atoms with Gasteiger partial charge in [-0.3, -0.25) is 9.10 Å². The predicted octanol–water partition coefficient (Wildman–Crippen LogP) is 3.20. The number of nitrogens with one attached hydrogen (secondary N) is 1. The van der Waals surface area contributed by atoms with Crippen LogP contribution in [0.15, 0.2) is 76.7 Å². The summed E-state index contributed by atoms with van der Waals surface area (Å²) >= 11 is 0. The number of carbonyl (C=O) groups is 2. The largest absolute Gasteiger partial charge is 0.513 e. The maximum Gasteiger partial charge on any atom is 0.513 e. The van der Waals surface area contributed by atoms with Crippen LogP contribution in [0.1, 0.15) is 5.56 Å². The molecule has 0 aliphatic rings. The van der Waals surface area contributed by atoms with E-state index >= 15 is 0 Å². The molecule has 3 rings (SSSR count). The Morgan fingerprint density at radius 1 is 0.872 bits per heavy atom. The number of hydrogen-bond donors (Lipinski definition) is 1. The van der Waals surface area contributed by atoms with Gasteiger partial charge in [-0.05, 0) is 48.0 Å². The van der Waals surface area contributed by atoms with Gasteiger partial charge in [-0.25, -0.2) is 18.6 Å². The lowest BCUT2D eigenvalue weighted by molar-refractivity contribution is -0.119. The lowest BCUT2D eigenvalue weighted by atomic mass is 10.2. The number of nitrogens with zero attached hydrogens (tertiary/aromatic N) is 2. The highest BCUT2D eigenvalue weighted by Gasteiger charge is 2.29. The predicted molar refractivity (Wildman–Crippen MR) is 142 cm³/mol. The Morgan fingerprint density at radius 2 is 1.59 bits per heavy atom. The summed E-state index contributed by atoms with van der Waals surface area (Å²) < 4.78 is 53.3. The standard InChI is InChI=1S/C26H27N3O9S/c1-34-19-11-12-21(23(15-19)35-2)29(39(32,33)20-8-6-5-7-9-20)17-25(30)28-27-16-18-10-13-22(24(14-18)36-3)38-26(31)37-4/h5-16H,17H2,1-4H3,(H,28,30)/b27-16+. The van der Waals surface area contributed by atoms with Crippen molar-refractivity contribution in [2.24, 2.45) is 5.10 Å². The molecule has 3 aromatic carbocycles. The minimum Gasteiger partial charge on any atom is -0.497 e. The Labute approximate surface area is 225 Å². The average Bonchev–Trinajstić information content (AvgIpc) is 2.96. The van der Waals surface area contributed by atoms with Crippen LogP contribution in [-0.2, 0) is 19.6 Å². The monoisotopic (exact) mass is 557 g/mol. The Kier molecular flexibility index (Phi) is 9.70. The molecule has 0 fully saturated rings. The average molecular weight is 558 g/mol. The van der Waals surface area contributed by atoms with Crippen molar-refractivity contribution in [2.45, 2.75) is 4.90 Å². The Hall–Kier alpha value is -4.78. The second-order valence-electron chi connectivity index (χ2n) is 7.62. The van der Waals surface area contributed by atoms with Crippen LogP contribution in [0.4, 0.5) is 10.5 Å². The van der Waals surface area contributed by atoms with E-state index in [0.29, 0.717) is 11.3 Å². The molecule has 1 amide bonds. The van der Waals surface area contributed by atoms with Gasteiger partial charge < -0.3 is 23.7 Å². The summed E-state index contributed by atoms with van der Waals surface area (Å²) in [5.74, 6) is 0.260. The van der Waals surface area contributed by atoms with Crippen LogP contribution in [-0.4, -0.2) is 61.7 Å². The third-order valence-corrected chi connectivity index (χ3v) is 7.00. The molecule has 13 heteroatoms. The van der Waals surface area contributed by atoms with Crippen molar-refractivity contribution < 1.29 is 41.7 Å². The zero-order valence-corrected chi connectivity index (χ0v) is 22.4. The molecule has 3 aromatic rings.